The molecule has 1 aromatic rings. The maximum Gasteiger partial charge on any atom is 0.256 e. The molecule has 1 heterocycles. The standard InChI is InChI=1S/C10H17N3O2S/c1-6-7(2)15-10(13-6)16-5-4-8(12-3)9(11)14/h8,12H,4-5H2,1-3H3,(H2,11,14). The molecule has 0 aliphatic carbocycles. The lowest BCUT2D eigenvalue weighted by Crippen LogP contribution is -2.39. The van der Waals surface area contributed by atoms with Crippen molar-refractivity contribution in [3.05, 3.63) is 11.5 Å². The number of amides is 1. The predicted octanol–water partition coefficient (Wildman–Crippen LogP) is 0.847. The molecule has 0 spiro atoms. The number of rotatable bonds is 6. The van der Waals surface area contributed by atoms with E-state index in [1.165, 1.54) is 11.8 Å². The Morgan fingerprint density at radius 3 is 2.75 bits per heavy atom. The highest BCUT2D eigenvalue weighted by atomic mass is 32.2. The molecule has 1 unspecified atom stereocenters. The van der Waals surface area contributed by atoms with E-state index in [1.54, 1.807) is 7.05 Å². The van der Waals surface area contributed by atoms with Crippen molar-refractivity contribution < 1.29 is 9.21 Å². The fourth-order valence-corrected chi connectivity index (χ4v) is 2.11. The molecule has 0 fully saturated rings. The molecular formula is C10H17N3O2S. The highest BCUT2D eigenvalue weighted by molar-refractivity contribution is 7.99. The van der Waals surface area contributed by atoms with E-state index in [0.717, 1.165) is 17.2 Å². The zero-order valence-electron chi connectivity index (χ0n) is 9.74. The van der Waals surface area contributed by atoms with Crippen LogP contribution in [0.2, 0.25) is 0 Å². The number of likely N-dealkylation sites (N-methyl/N-ethyl adjacent to an activating group) is 1. The van der Waals surface area contributed by atoms with E-state index in [4.69, 9.17) is 10.2 Å². The number of nitrogens with two attached hydrogens (primary N) is 1. The molecule has 90 valence electrons. The monoisotopic (exact) mass is 243 g/mol. The number of aryl methyl sites for hydroxylation is 2. The summed E-state index contributed by atoms with van der Waals surface area (Å²) in [6, 6.07) is -0.287. The lowest BCUT2D eigenvalue weighted by molar-refractivity contribution is -0.119. The number of carbonyl (C=O) groups is 1. The summed E-state index contributed by atoms with van der Waals surface area (Å²) in [7, 11) is 1.72. The fraction of sp³-hybridized carbons (Fsp3) is 0.600. The first-order valence-electron chi connectivity index (χ1n) is 5.08. The smallest absolute Gasteiger partial charge is 0.256 e. The average Bonchev–Trinajstić information content (AvgIpc) is 2.53. The van der Waals surface area contributed by atoms with Crippen LogP contribution in [0.4, 0.5) is 0 Å². The van der Waals surface area contributed by atoms with Crippen LogP contribution in [0.1, 0.15) is 17.9 Å². The predicted molar refractivity (Wildman–Crippen MR) is 63.4 cm³/mol. The van der Waals surface area contributed by atoms with Gasteiger partial charge in [0.05, 0.1) is 11.7 Å². The second-order valence-corrected chi connectivity index (χ2v) is 4.55. The summed E-state index contributed by atoms with van der Waals surface area (Å²) >= 11 is 1.49. The van der Waals surface area contributed by atoms with Gasteiger partial charge in [0.25, 0.3) is 5.22 Å². The van der Waals surface area contributed by atoms with E-state index in [2.05, 4.69) is 10.3 Å². The van der Waals surface area contributed by atoms with Crippen LogP contribution >= 0.6 is 11.8 Å². The second-order valence-electron chi connectivity index (χ2n) is 3.50. The first-order valence-corrected chi connectivity index (χ1v) is 6.06. The number of hydrogen-bond acceptors (Lipinski definition) is 5. The highest BCUT2D eigenvalue weighted by Gasteiger charge is 2.13. The lowest BCUT2D eigenvalue weighted by Gasteiger charge is -2.10. The van der Waals surface area contributed by atoms with E-state index in [-0.39, 0.29) is 11.9 Å². The highest BCUT2D eigenvalue weighted by Crippen LogP contribution is 2.21. The molecule has 6 heteroatoms. The lowest BCUT2D eigenvalue weighted by atomic mass is 10.2. The SMILES string of the molecule is CNC(CCSc1nc(C)c(C)o1)C(N)=O. The van der Waals surface area contributed by atoms with Gasteiger partial charge in [0.2, 0.25) is 5.91 Å². The van der Waals surface area contributed by atoms with Crippen molar-refractivity contribution in [2.45, 2.75) is 31.5 Å². The van der Waals surface area contributed by atoms with Crippen LogP contribution in [0.25, 0.3) is 0 Å². The molecule has 0 bridgehead atoms. The Balaban J connectivity index is 2.38. The van der Waals surface area contributed by atoms with Crippen molar-refractivity contribution in [3.63, 3.8) is 0 Å². The molecule has 0 radical (unpaired) electrons. The summed E-state index contributed by atoms with van der Waals surface area (Å²) in [5, 5.41) is 3.51. The van der Waals surface area contributed by atoms with Gasteiger partial charge in [-0.2, -0.15) is 0 Å². The van der Waals surface area contributed by atoms with Crippen LogP contribution in [0.15, 0.2) is 9.64 Å². The van der Waals surface area contributed by atoms with Gasteiger partial charge in [-0.1, -0.05) is 11.8 Å². The first kappa shape index (κ1) is 13.1. The molecule has 0 saturated heterocycles. The quantitative estimate of drug-likeness (QED) is 0.724. The summed E-state index contributed by atoms with van der Waals surface area (Å²) in [5.74, 6) is 1.25. The van der Waals surface area contributed by atoms with Gasteiger partial charge in [0, 0.05) is 5.75 Å². The van der Waals surface area contributed by atoms with E-state index in [9.17, 15) is 4.79 Å². The number of aromatic nitrogens is 1. The van der Waals surface area contributed by atoms with Crippen molar-refractivity contribution in [3.8, 4) is 0 Å². The third-order valence-corrected chi connectivity index (χ3v) is 3.19. The van der Waals surface area contributed by atoms with Gasteiger partial charge in [-0.3, -0.25) is 4.79 Å². The Hall–Kier alpha value is -1.01. The van der Waals surface area contributed by atoms with Gasteiger partial charge in [-0.15, -0.1) is 0 Å². The van der Waals surface area contributed by atoms with E-state index >= 15 is 0 Å². The van der Waals surface area contributed by atoms with Crippen LogP contribution in [-0.4, -0.2) is 29.7 Å². The van der Waals surface area contributed by atoms with Crippen molar-refractivity contribution >= 4 is 17.7 Å². The van der Waals surface area contributed by atoms with Crippen molar-refractivity contribution in [2.24, 2.45) is 5.73 Å². The maximum absolute atomic E-state index is 10.9. The molecule has 0 aromatic carbocycles. The van der Waals surface area contributed by atoms with Crippen molar-refractivity contribution in [1.29, 1.82) is 0 Å². The molecular weight excluding hydrogens is 226 g/mol. The zero-order chi connectivity index (χ0) is 12.1. The van der Waals surface area contributed by atoms with Crippen LogP contribution in [0.3, 0.4) is 0 Å². The van der Waals surface area contributed by atoms with Crippen LogP contribution in [-0.2, 0) is 4.79 Å². The molecule has 1 atom stereocenters. The Morgan fingerprint density at radius 1 is 1.62 bits per heavy atom. The molecule has 1 rings (SSSR count). The number of carbonyl (C=O) groups excluding carboxylic acids is 1. The largest absolute Gasteiger partial charge is 0.437 e. The summed E-state index contributed by atoms with van der Waals surface area (Å²) < 4.78 is 5.41. The molecule has 0 aliphatic rings. The van der Waals surface area contributed by atoms with Crippen LogP contribution in [0.5, 0.6) is 0 Å². The zero-order valence-corrected chi connectivity index (χ0v) is 10.6. The molecule has 0 aliphatic heterocycles. The topological polar surface area (TPSA) is 81.2 Å². The van der Waals surface area contributed by atoms with Gasteiger partial charge in [0.15, 0.2) is 0 Å². The van der Waals surface area contributed by atoms with E-state index in [0.29, 0.717) is 11.6 Å². The van der Waals surface area contributed by atoms with E-state index < -0.39 is 0 Å². The number of oxazole rings is 1. The molecule has 1 amide bonds. The van der Waals surface area contributed by atoms with Crippen LogP contribution < -0.4 is 11.1 Å². The summed E-state index contributed by atoms with van der Waals surface area (Å²) in [4.78, 5) is 15.2. The average molecular weight is 243 g/mol. The molecule has 3 N–H and O–H groups in total. The van der Waals surface area contributed by atoms with Gasteiger partial charge in [0.1, 0.15) is 5.76 Å². The van der Waals surface area contributed by atoms with Gasteiger partial charge < -0.3 is 15.5 Å². The van der Waals surface area contributed by atoms with E-state index in [1.807, 2.05) is 13.8 Å². The van der Waals surface area contributed by atoms with Gasteiger partial charge >= 0.3 is 0 Å². The van der Waals surface area contributed by atoms with Crippen molar-refractivity contribution in [2.75, 3.05) is 12.8 Å². The Morgan fingerprint density at radius 2 is 2.31 bits per heavy atom. The van der Waals surface area contributed by atoms with Gasteiger partial charge in [-0.25, -0.2) is 4.98 Å². The Bertz CT molecular complexity index is 345. The van der Waals surface area contributed by atoms with Crippen molar-refractivity contribution in [1.82, 2.24) is 10.3 Å². The Labute approximate surface area is 99.2 Å². The first-order chi connectivity index (χ1) is 7.54. The maximum atomic E-state index is 10.9. The molecule has 0 saturated carbocycles. The summed E-state index contributed by atoms with van der Waals surface area (Å²) in [6.07, 6.45) is 0.664. The van der Waals surface area contributed by atoms with Gasteiger partial charge in [-0.05, 0) is 27.3 Å². The minimum absolute atomic E-state index is 0.287. The minimum atomic E-state index is -0.331. The fourth-order valence-electron chi connectivity index (χ4n) is 1.20. The molecule has 16 heavy (non-hydrogen) atoms. The Kier molecular flexibility index (Phi) is 4.82. The summed E-state index contributed by atoms with van der Waals surface area (Å²) in [5.41, 5.74) is 6.11. The second kappa shape index (κ2) is 5.91. The molecule has 1 aromatic heterocycles. The number of hydrogen-bond donors (Lipinski definition) is 2. The normalized spacial score (nSPS) is 12.7. The molecule has 5 nitrogen and oxygen atoms in total. The van der Waals surface area contributed by atoms with Crippen LogP contribution in [0, 0.1) is 13.8 Å². The number of thioether (sulfide) groups is 1. The third kappa shape index (κ3) is 3.53. The summed E-state index contributed by atoms with van der Waals surface area (Å²) in [6.45, 7) is 3.79. The number of nitrogens with one attached hydrogen (secondary N) is 1. The minimum Gasteiger partial charge on any atom is -0.437 e. The third-order valence-electron chi connectivity index (χ3n) is 2.33. The number of primary amides is 1. The number of nitrogens with zero attached hydrogens (tertiary/aromatic N) is 1.